The molecule has 456 valence electrons. The Hall–Kier alpha value is -3.41. The van der Waals surface area contributed by atoms with Gasteiger partial charge in [0, 0.05) is 19.3 Å². The molecule has 1 atom stereocenters. The monoisotopic (exact) mass is 1100 g/mol. The summed E-state index contributed by atoms with van der Waals surface area (Å²) in [7, 11) is 0. The zero-order chi connectivity index (χ0) is 57.1. The highest BCUT2D eigenvalue weighted by Crippen LogP contribution is 2.18. The van der Waals surface area contributed by atoms with E-state index in [1.165, 1.54) is 186 Å². The van der Waals surface area contributed by atoms with E-state index in [1.54, 1.807) is 0 Å². The Labute approximate surface area is 490 Å². The molecule has 0 spiro atoms. The van der Waals surface area contributed by atoms with Crippen molar-refractivity contribution in [2.24, 2.45) is 0 Å². The molecule has 0 fully saturated rings. The lowest BCUT2D eigenvalue weighted by atomic mass is 10.0. The summed E-state index contributed by atoms with van der Waals surface area (Å²) in [6.07, 6.45) is 89.0. The summed E-state index contributed by atoms with van der Waals surface area (Å²) in [5, 5.41) is 0. The van der Waals surface area contributed by atoms with Crippen LogP contribution in [0.2, 0.25) is 0 Å². The Bertz CT molecular complexity index is 1500. The average Bonchev–Trinajstić information content (AvgIpc) is 3.45. The van der Waals surface area contributed by atoms with Crippen molar-refractivity contribution >= 4 is 17.9 Å². The van der Waals surface area contributed by atoms with Gasteiger partial charge in [-0.1, -0.05) is 318 Å². The van der Waals surface area contributed by atoms with Gasteiger partial charge < -0.3 is 14.2 Å². The molecule has 0 aliphatic rings. The van der Waals surface area contributed by atoms with E-state index in [0.717, 1.165) is 116 Å². The van der Waals surface area contributed by atoms with Crippen LogP contribution in [-0.2, 0) is 28.6 Å². The molecule has 0 N–H and O–H groups in total. The number of allylic oxidation sites excluding steroid dienone is 14. The number of carbonyl (C=O) groups excluding carboxylic acids is 3. The predicted octanol–water partition coefficient (Wildman–Crippen LogP) is 23.4. The number of hydrogen-bond acceptors (Lipinski definition) is 6. The molecule has 0 aromatic heterocycles. The van der Waals surface area contributed by atoms with Gasteiger partial charge in [0.15, 0.2) is 6.10 Å². The Kier molecular flexibility index (Phi) is 64.2. The van der Waals surface area contributed by atoms with Crippen molar-refractivity contribution in [2.75, 3.05) is 13.2 Å². The number of esters is 3. The maximum absolute atomic E-state index is 12.9. The number of unbranched alkanes of at least 4 members (excludes halogenated alkanes) is 37. The third-order valence-corrected chi connectivity index (χ3v) is 14.9. The maximum Gasteiger partial charge on any atom is 0.306 e. The second-order valence-electron chi connectivity index (χ2n) is 22.7. The molecule has 0 aliphatic carbocycles. The molecule has 0 aromatic carbocycles. The quantitative estimate of drug-likeness (QED) is 0.0261. The van der Waals surface area contributed by atoms with Crippen LogP contribution in [0.15, 0.2) is 85.1 Å². The molecule has 6 heteroatoms. The molecule has 0 rings (SSSR count). The second-order valence-corrected chi connectivity index (χ2v) is 22.7. The first-order valence-corrected chi connectivity index (χ1v) is 34.1. The van der Waals surface area contributed by atoms with Crippen molar-refractivity contribution < 1.29 is 28.6 Å². The van der Waals surface area contributed by atoms with Gasteiger partial charge in [0.25, 0.3) is 0 Å². The van der Waals surface area contributed by atoms with Crippen molar-refractivity contribution in [3.8, 4) is 0 Å². The van der Waals surface area contributed by atoms with Crippen LogP contribution in [-0.4, -0.2) is 37.2 Å². The highest BCUT2D eigenvalue weighted by atomic mass is 16.6. The van der Waals surface area contributed by atoms with Crippen LogP contribution in [0.4, 0.5) is 0 Å². The van der Waals surface area contributed by atoms with E-state index in [1.807, 2.05) is 0 Å². The summed E-state index contributed by atoms with van der Waals surface area (Å²) in [5.41, 5.74) is 0. The maximum atomic E-state index is 12.9. The molecule has 0 amide bonds. The Morgan fingerprint density at radius 3 is 0.835 bits per heavy atom. The summed E-state index contributed by atoms with van der Waals surface area (Å²) < 4.78 is 16.9. The molecule has 6 nitrogen and oxygen atoms in total. The molecule has 0 bridgehead atoms. The van der Waals surface area contributed by atoms with Crippen molar-refractivity contribution in [3.05, 3.63) is 85.1 Å². The zero-order valence-electron chi connectivity index (χ0n) is 52.4. The topological polar surface area (TPSA) is 78.9 Å². The molecule has 0 aliphatic heterocycles. The number of ether oxygens (including phenoxy) is 3. The predicted molar refractivity (Wildman–Crippen MR) is 344 cm³/mol. The summed E-state index contributed by atoms with van der Waals surface area (Å²) >= 11 is 0. The average molecular weight is 1100 g/mol. The van der Waals surface area contributed by atoms with Gasteiger partial charge in [0.05, 0.1) is 0 Å². The Morgan fingerprint density at radius 2 is 0.519 bits per heavy atom. The number of carbonyl (C=O) groups is 3. The SMILES string of the molecule is CC/C=C\C/C=C\C/C=C\C/C=C\C/C=C\C/C=C\CCCCCCCCCCC(=O)OCC(COC(=O)CCCCCCC/C=C\CCC)OC(=O)CCCCCCCCCCCCCCCCCCCCCCCCCC. The van der Waals surface area contributed by atoms with Crippen LogP contribution in [0, 0.1) is 0 Å². The molecular weight excluding hydrogens is 973 g/mol. The van der Waals surface area contributed by atoms with E-state index in [9.17, 15) is 14.4 Å². The van der Waals surface area contributed by atoms with Gasteiger partial charge in [0.2, 0.25) is 0 Å². The first-order valence-electron chi connectivity index (χ1n) is 34.1. The third kappa shape index (κ3) is 65.3. The van der Waals surface area contributed by atoms with Crippen molar-refractivity contribution in [1.82, 2.24) is 0 Å². The van der Waals surface area contributed by atoms with Crippen molar-refractivity contribution in [2.45, 2.75) is 348 Å². The van der Waals surface area contributed by atoms with Gasteiger partial charge in [-0.15, -0.1) is 0 Å². The number of rotatable bonds is 62. The summed E-state index contributed by atoms with van der Waals surface area (Å²) in [4.78, 5) is 38.3. The lowest BCUT2D eigenvalue weighted by Gasteiger charge is -2.18. The zero-order valence-corrected chi connectivity index (χ0v) is 52.4. The minimum atomic E-state index is -0.782. The van der Waals surface area contributed by atoms with E-state index in [0.29, 0.717) is 19.3 Å². The lowest BCUT2D eigenvalue weighted by Crippen LogP contribution is -2.30. The Balaban J connectivity index is 4.22. The lowest BCUT2D eigenvalue weighted by molar-refractivity contribution is -0.167. The first kappa shape index (κ1) is 75.6. The highest BCUT2D eigenvalue weighted by Gasteiger charge is 2.19. The molecule has 1 unspecified atom stereocenters. The van der Waals surface area contributed by atoms with Gasteiger partial charge in [-0.05, 0) is 89.9 Å². The molecule has 0 saturated carbocycles. The largest absolute Gasteiger partial charge is 0.462 e. The van der Waals surface area contributed by atoms with Crippen LogP contribution in [0.25, 0.3) is 0 Å². The van der Waals surface area contributed by atoms with Crippen LogP contribution in [0.1, 0.15) is 342 Å². The van der Waals surface area contributed by atoms with Crippen molar-refractivity contribution in [1.29, 1.82) is 0 Å². The summed E-state index contributed by atoms with van der Waals surface area (Å²) in [6, 6.07) is 0. The van der Waals surface area contributed by atoms with E-state index in [2.05, 4.69) is 106 Å². The van der Waals surface area contributed by atoms with Crippen LogP contribution < -0.4 is 0 Å². The molecule has 79 heavy (non-hydrogen) atoms. The highest BCUT2D eigenvalue weighted by molar-refractivity contribution is 5.71. The minimum Gasteiger partial charge on any atom is -0.462 e. The summed E-state index contributed by atoms with van der Waals surface area (Å²) in [6.45, 7) is 6.50. The normalized spacial score (nSPS) is 12.6. The van der Waals surface area contributed by atoms with Crippen LogP contribution in [0.3, 0.4) is 0 Å². The molecule has 0 radical (unpaired) electrons. The van der Waals surface area contributed by atoms with Crippen LogP contribution in [0.5, 0.6) is 0 Å². The van der Waals surface area contributed by atoms with E-state index in [4.69, 9.17) is 14.2 Å². The molecule has 0 aromatic rings. The fourth-order valence-corrected chi connectivity index (χ4v) is 9.80. The third-order valence-electron chi connectivity index (χ3n) is 14.9. The Morgan fingerprint density at radius 1 is 0.266 bits per heavy atom. The molecular formula is C73H128O6. The fourth-order valence-electron chi connectivity index (χ4n) is 9.80. The second kappa shape index (κ2) is 67.1. The van der Waals surface area contributed by atoms with Gasteiger partial charge in [-0.2, -0.15) is 0 Å². The molecule has 0 heterocycles. The van der Waals surface area contributed by atoms with Crippen LogP contribution >= 0.6 is 0 Å². The smallest absolute Gasteiger partial charge is 0.306 e. The summed E-state index contributed by atoms with van der Waals surface area (Å²) in [5.74, 6) is -0.883. The standard InChI is InChI=1S/C73H128O6/c1-4-7-10-13-16-19-22-24-26-28-30-32-34-36-37-38-40-41-43-45-47-49-51-54-57-60-63-66-72(75)78-69-70(68-77-71(74)65-62-59-56-53-21-18-15-12-9-6-3)79-73(76)67-64-61-58-55-52-50-48-46-44-42-39-35-33-31-29-27-25-23-20-17-14-11-8-5-2/h7,10,12,15-16,19,24,26,30,32,36-37,40-41,70H,4-6,8-9,11,13-14,17-18,20-23,25,27-29,31,33-35,38-39,42-69H2,1-3H3/b10-7-,15-12-,19-16-,26-24-,32-30-,37-36-,41-40-. The fraction of sp³-hybridized carbons (Fsp3) is 0.767. The van der Waals surface area contributed by atoms with Gasteiger partial charge in [0.1, 0.15) is 13.2 Å². The first-order chi connectivity index (χ1) is 39.0. The number of hydrogen-bond donors (Lipinski definition) is 0. The molecule has 0 saturated heterocycles. The van der Waals surface area contributed by atoms with Crippen molar-refractivity contribution in [3.63, 3.8) is 0 Å². The van der Waals surface area contributed by atoms with E-state index >= 15 is 0 Å². The van der Waals surface area contributed by atoms with Gasteiger partial charge >= 0.3 is 17.9 Å². The minimum absolute atomic E-state index is 0.0806. The van der Waals surface area contributed by atoms with Gasteiger partial charge in [-0.3, -0.25) is 14.4 Å². The van der Waals surface area contributed by atoms with E-state index in [-0.39, 0.29) is 31.1 Å². The van der Waals surface area contributed by atoms with Gasteiger partial charge in [-0.25, -0.2) is 0 Å². The van der Waals surface area contributed by atoms with E-state index < -0.39 is 6.10 Å².